The first kappa shape index (κ1) is 15.9. The van der Waals surface area contributed by atoms with Crippen molar-refractivity contribution in [2.45, 2.75) is 42.9 Å². The van der Waals surface area contributed by atoms with Crippen LogP contribution < -0.4 is 4.74 Å². The molecule has 1 aromatic rings. The molecule has 0 saturated heterocycles. The first-order chi connectivity index (χ1) is 9.40. The third-order valence-electron chi connectivity index (χ3n) is 3.64. The van der Waals surface area contributed by atoms with E-state index in [1.54, 1.807) is 18.2 Å². The molecule has 112 valence electrons. The lowest BCUT2D eigenvalue weighted by atomic mass is 9.97. The van der Waals surface area contributed by atoms with E-state index in [0.29, 0.717) is 23.1 Å². The van der Waals surface area contributed by atoms with Gasteiger partial charge in [0.15, 0.2) is 0 Å². The summed E-state index contributed by atoms with van der Waals surface area (Å²) in [5.41, 5.74) is 0.834. The second-order valence-corrected chi connectivity index (χ2v) is 8.27. The zero-order valence-electron chi connectivity index (χ0n) is 11.3. The number of alkyl halides is 1. The quantitative estimate of drug-likeness (QED) is 0.785. The van der Waals surface area contributed by atoms with Crippen LogP contribution in [-0.2, 0) is 15.7 Å². The minimum Gasteiger partial charge on any atom is -0.490 e. The van der Waals surface area contributed by atoms with Crippen LogP contribution in [0.4, 0.5) is 0 Å². The van der Waals surface area contributed by atoms with Gasteiger partial charge in [0.1, 0.15) is 15.6 Å². The number of rotatable bonds is 4. The molecule has 0 amide bonds. The molecule has 0 bridgehead atoms. The van der Waals surface area contributed by atoms with Gasteiger partial charge in [0.2, 0.25) is 0 Å². The predicted molar refractivity (Wildman–Crippen MR) is 82.5 cm³/mol. The molecule has 1 aromatic carbocycles. The predicted octanol–water partition coefficient (Wildman–Crippen LogP) is 3.81. The standard InChI is InChI=1S/C14H18Cl2O3S/c1-20(17,18)13-4-2-3-12(8-13)19-14-6-5-11(16)7-10(14)9-15/h5-7,12-13H,2-4,8-9H2,1H3. The van der Waals surface area contributed by atoms with Gasteiger partial charge in [0, 0.05) is 23.3 Å². The largest absolute Gasteiger partial charge is 0.490 e. The second-order valence-electron chi connectivity index (χ2n) is 5.24. The van der Waals surface area contributed by atoms with Gasteiger partial charge < -0.3 is 4.74 Å². The van der Waals surface area contributed by atoms with Crippen LogP contribution in [0.2, 0.25) is 5.02 Å². The lowest BCUT2D eigenvalue weighted by molar-refractivity contribution is 0.155. The lowest BCUT2D eigenvalue weighted by Gasteiger charge is -2.29. The summed E-state index contributed by atoms with van der Waals surface area (Å²) in [5.74, 6) is 1.02. The maximum atomic E-state index is 11.7. The second kappa shape index (κ2) is 6.54. The highest BCUT2D eigenvalue weighted by molar-refractivity contribution is 7.91. The number of hydrogen-bond acceptors (Lipinski definition) is 3. The number of halogens is 2. The third kappa shape index (κ3) is 4.03. The summed E-state index contributed by atoms with van der Waals surface area (Å²) in [4.78, 5) is 0. The molecule has 1 aliphatic carbocycles. The van der Waals surface area contributed by atoms with Crippen molar-refractivity contribution in [1.29, 1.82) is 0 Å². The molecule has 1 aliphatic rings. The van der Waals surface area contributed by atoms with Crippen LogP contribution in [0.1, 0.15) is 31.2 Å². The Kier molecular flexibility index (Phi) is 5.21. The fraction of sp³-hybridized carbons (Fsp3) is 0.571. The number of sulfone groups is 1. The number of benzene rings is 1. The minimum atomic E-state index is -3.00. The highest BCUT2D eigenvalue weighted by Crippen LogP contribution is 2.30. The summed E-state index contributed by atoms with van der Waals surface area (Å²) in [6.45, 7) is 0. The van der Waals surface area contributed by atoms with E-state index >= 15 is 0 Å². The average Bonchev–Trinajstić information content (AvgIpc) is 2.40. The molecular weight excluding hydrogens is 319 g/mol. The molecule has 0 aromatic heterocycles. The van der Waals surface area contributed by atoms with Gasteiger partial charge in [-0.15, -0.1) is 11.6 Å². The zero-order chi connectivity index (χ0) is 14.8. The Hall–Kier alpha value is -0.450. The van der Waals surface area contributed by atoms with E-state index in [2.05, 4.69) is 0 Å². The molecular formula is C14H18Cl2O3S. The van der Waals surface area contributed by atoms with E-state index in [9.17, 15) is 8.42 Å². The average molecular weight is 337 g/mol. The van der Waals surface area contributed by atoms with Crippen molar-refractivity contribution in [3.05, 3.63) is 28.8 Å². The molecule has 2 unspecified atom stereocenters. The van der Waals surface area contributed by atoms with Gasteiger partial charge in [-0.25, -0.2) is 8.42 Å². The highest BCUT2D eigenvalue weighted by Gasteiger charge is 2.30. The molecule has 0 N–H and O–H groups in total. The SMILES string of the molecule is CS(=O)(=O)C1CCCC(Oc2ccc(Cl)cc2CCl)C1. The molecule has 20 heavy (non-hydrogen) atoms. The summed E-state index contributed by atoms with van der Waals surface area (Å²) in [6, 6.07) is 5.33. The van der Waals surface area contributed by atoms with E-state index < -0.39 is 9.84 Å². The Morgan fingerprint density at radius 2 is 2.10 bits per heavy atom. The van der Waals surface area contributed by atoms with Crippen LogP contribution in [0.5, 0.6) is 5.75 Å². The smallest absolute Gasteiger partial charge is 0.150 e. The van der Waals surface area contributed by atoms with Gasteiger partial charge in [-0.05, 0) is 37.5 Å². The van der Waals surface area contributed by atoms with Crippen molar-refractivity contribution in [3.63, 3.8) is 0 Å². The maximum Gasteiger partial charge on any atom is 0.150 e. The van der Waals surface area contributed by atoms with Crippen molar-refractivity contribution in [2.24, 2.45) is 0 Å². The topological polar surface area (TPSA) is 43.4 Å². The summed E-state index contributed by atoms with van der Waals surface area (Å²) < 4.78 is 29.3. The van der Waals surface area contributed by atoms with Crippen molar-refractivity contribution in [3.8, 4) is 5.75 Å². The summed E-state index contributed by atoms with van der Waals surface area (Å²) >= 11 is 11.8. The molecule has 1 saturated carbocycles. The first-order valence-electron chi connectivity index (χ1n) is 6.60. The minimum absolute atomic E-state index is 0.0772. The molecule has 0 spiro atoms. The maximum absolute atomic E-state index is 11.7. The lowest BCUT2D eigenvalue weighted by Crippen LogP contribution is -2.33. The van der Waals surface area contributed by atoms with Crippen LogP contribution in [0.3, 0.4) is 0 Å². The van der Waals surface area contributed by atoms with Gasteiger partial charge in [0.25, 0.3) is 0 Å². The van der Waals surface area contributed by atoms with Crippen molar-refractivity contribution < 1.29 is 13.2 Å². The summed E-state index contributed by atoms with van der Waals surface area (Å²) in [5, 5.41) is 0.318. The van der Waals surface area contributed by atoms with E-state index in [1.807, 2.05) is 0 Å². The molecule has 2 atom stereocenters. The molecule has 2 rings (SSSR count). The Labute approximate surface area is 130 Å². The third-order valence-corrected chi connectivity index (χ3v) is 5.81. The van der Waals surface area contributed by atoms with Crippen LogP contribution in [-0.4, -0.2) is 26.0 Å². The molecule has 0 heterocycles. The Balaban J connectivity index is 2.10. The monoisotopic (exact) mass is 336 g/mol. The van der Waals surface area contributed by atoms with Gasteiger partial charge in [-0.2, -0.15) is 0 Å². The fourth-order valence-corrected chi connectivity index (χ4v) is 4.11. The van der Waals surface area contributed by atoms with Crippen LogP contribution >= 0.6 is 23.2 Å². The Morgan fingerprint density at radius 3 is 2.75 bits per heavy atom. The first-order valence-corrected chi connectivity index (χ1v) is 9.46. The van der Waals surface area contributed by atoms with Crippen LogP contribution in [0.15, 0.2) is 18.2 Å². The van der Waals surface area contributed by atoms with Gasteiger partial charge in [0.05, 0.1) is 17.2 Å². The number of hydrogen-bond donors (Lipinski definition) is 0. The molecule has 3 nitrogen and oxygen atoms in total. The van der Waals surface area contributed by atoms with Gasteiger partial charge >= 0.3 is 0 Å². The molecule has 0 radical (unpaired) electrons. The summed E-state index contributed by atoms with van der Waals surface area (Å²) in [6.07, 6.45) is 4.23. The Bertz CT molecular complexity index is 572. The Morgan fingerprint density at radius 1 is 1.35 bits per heavy atom. The van der Waals surface area contributed by atoms with Gasteiger partial charge in [-0.1, -0.05) is 11.6 Å². The number of ether oxygens (including phenoxy) is 1. The van der Waals surface area contributed by atoms with E-state index in [-0.39, 0.29) is 11.4 Å². The fourth-order valence-electron chi connectivity index (χ4n) is 2.55. The van der Waals surface area contributed by atoms with Crippen molar-refractivity contribution in [2.75, 3.05) is 6.26 Å². The van der Waals surface area contributed by atoms with E-state index in [1.165, 1.54) is 6.26 Å². The molecule has 6 heteroatoms. The van der Waals surface area contributed by atoms with Gasteiger partial charge in [-0.3, -0.25) is 0 Å². The zero-order valence-corrected chi connectivity index (χ0v) is 13.6. The summed E-state index contributed by atoms with van der Waals surface area (Å²) in [7, 11) is -3.00. The van der Waals surface area contributed by atoms with Crippen molar-refractivity contribution >= 4 is 33.0 Å². The normalized spacial score (nSPS) is 23.6. The molecule has 1 fully saturated rings. The van der Waals surface area contributed by atoms with Crippen LogP contribution in [0, 0.1) is 0 Å². The highest BCUT2D eigenvalue weighted by atomic mass is 35.5. The van der Waals surface area contributed by atoms with E-state index in [0.717, 1.165) is 24.8 Å². The molecule has 0 aliphatic heterocycles. The van der Waals surface area contributed by atoms with Crippen LogP contribution in [0.25, 0.3) is 0 Å². The van der Waals surface area contributed by atoms with Crippen molar-refractivity contribution in [1.82, 2.24) is 0 Å². The van der Waals surface area contributed by atoms with E-state index in [4.69, 9.17) is 27.9 Å².